The Morgan fingerprint density at radius 3 is 2.58 bits per heavy atom. The summed E-state index contributed by atoms with van der Waals surface area (Å²) in [5, 5.41) is 0. The van der Waals surface area contributed by atoms with Gasteiger partial charge in [-0.2, -0.15) is 0 Å². The molecule has 1 N–H and O–H groups in total. The average Bonchev–Trinajstić information content (AvgIpc) is 2.64. The van der Waals surface area contributed by atoms with Gasteiger partial charge in [0, 0.05) is 36.7 Å². The molecule has 0 aromatic carbocycles. The van der Waals surface area contributed by atoms with Gasteiger partial charge in [-0.05, 0) is 38.7 Å². The van der Waals surface area contributed by atoms with Gasteiger partial charge < -0.3 is 19.2 Å². The molecule has 0 spiro atoms. The monoisotopic (exact) mass is 360 g/mol. The van der Waals surface area contributed by atoms with E-state index in [1.807, 2.05) is 32.9 Å². The molecule has 0 aliphatic carbocycles. The number of nitrogens with zero attached hydrogens (tertiary/aromatic N) is 1. The van der Waals surface area contributed by atoms with Crippen molar-refractivity contribution in [1.82, 2.24) is 9.97 Å². The lowest BCUT2D eigenvalue weighted by atomic mass is 10.1. The van der Waals surface area contributed by atoms with Gasteiger partial charge in [-0.15, -0.1) is 0 Å². The normalized spacial score (nSPS) is 12.0. The molecule has 0 bridgehead atoms. The van der Waals surface area contributed by atoms with E-state index in [1.54, 1.807) is 12.3 Å². The zero-order chi connectivity index (χ0) is 18.8. The van der Waals surface area contributed by atoms with Crippen molar-refractivity contribution >= 4 is 0 Å². The van der Waals surface area contributed by atoms with Gasteiger partial charge >= 0.3 is 0 Å². The Labute approximate surface area is 154 Å². The Morgan fingerprint density at radius 2 is 1.92 bits per heavy atom. The molecule has 0 amide bonds. The summed E-state index contributed by atoms with van der Waals surface area (Å²) in [5.41, 5.74) is 1.86. The highest BCUT2D eigenvalue weighted by Gasteiger charge is 2.08. The minimum atomic E-state index is -0.0666. The molecule has 6 heteroatoms. The van der Waals surface area contributed by atoms with Crippen LogP contribution in [0.3, 0.4) is 0 Å². The van der Waals surface area contributed by atoms with E-state index in [0.29, 0.717) is 38.0 Å². The average molecular weight is 360 g/mol. The Bertz CT molecular complexity index is 712. The molecule has 2 aromatic rings. The second kappa shape index (κ2) is 10.6. The zero-order valence-corrected chi connectivity index (χ0v) is 15.8. The van der Waals surface area contributed by atoms with Crippen molar-refractivity contribution in [3.05, 3.63) is 51.9 Å². The van der Waals surface area contributed by atoms with E-state index in [0.717, 1.165) is 24.1 Å². The van der Waals surface area contributed by atoms with Crippen molar-refractivity contribution in [3.63, 3.8) is 0 Å². The molecule has 6 nitrogen and oxygen atoms in total. The zero-order valence-electron chi connectivity index (χ0n) is 15.8. The highest BCUT2D eigenvalue weighted by atomic mass is 16.5. The quantitative estimate of drug-likeness (QED) is 0.666. The third-order valence-electron chi connectivity index (χ3n) is 3.93. The van der Waals surface area contributed by atoms with E-state index >= 15 is 0 Å². The van der Waals surface area contributed by atoms with E-state index in [4.69, 9.17) is 14.2 Å². The Morgan fingerprint density at radius 1 is 1.08 bits per heavy atom. The lowest BCUT2D eigenvalue weighted by Gasteiger charge is -2.16. The molecule has 26 heavy (non-hydrogen) atoms. The molecule has 0 saturated carbocycles. The van der Waals surface area contributed by atoms with Crippen LogP contribution >= 0.6 is 0 Å². The first-order valence-corrected chi connectivity index (χ1v) is 9.19. The Kier molecular flexibility index (Phi) is 8.15. The Balaban J connectivity index is 1.94. The van der Waals surface area contributed by atoms with Crippen molar-refractivity contribution in [2.75, 3.05) is 19.8 Å². The maximum absolute atomic E-state index is 11.9. The van der Waals surface area contributed by atoms with Crippen LogP contribution in [0.15, 0.2) is 35.3 Å². The summed E-state index contributed by atoms with van der Waals surface area (Å²) >= 11 is 0. The van der Waals surface area contributed by atoms with Crippen LogP contribution in [-0.2, 0) is 17.6 Å². The fourth-order valence-corrected chi connectivity index (χ4v) is 2.56. The summed E-state index contributed by atoms with van der Waals surface area (Å²) in [7, 11) is 0. The number of rotatable bonds is 11. The van der Waals surface area contributed by atoms with Gasteiger partial charge in [0.15, 0.2) is 11.3 Å². The molecule has 0 radical (unpaired) electrons. The number of H-pyrrole nitrogens is 1. The van der Waals surface area contributed by atoms with Gasteiger partial charge in [0.2, 0.25) is 5.88 Å². The molecule has 2 rings (SSSR count). The van der Waals surface area contributed by atoms with Crippen molar-refractivity contribution in [1.29, 1.82) is 0 Å². The van der Waals surface area contributed by atoms with Crippen molar-refractivity contribution in [2.45, 2.75) is 46.1 Å². The maximum Gasteiger partial charge on any atom is 0.213 e. The first-order chi connectivity index (χ1) is 12.6. The molecule has 0 aliphatic heterocycles. The van der Waals surface area contributed by atoms with E-state index < -0.39 is 0 Å². The van der Waals surface area contributed by atoms with Crippen LogP contribution in [0, 0.1) is 0 Å². The fourth-order valence-electron chi connectivity index (χ4n) is 2.56. The van der Waals surface area contributed by atoms with E-state index in [-0.39, 0.29) is 11.5 Å². The lowest BCUT2D eigenvalue weighted by molar-refractivity contribution is 0.0243. The minimum absolute atomic E-state index is 0.0297. The highest BCUT2D eigenvalue weighted by molar-refractivity contribution is 5.21. The van der Waals surface area contributed by atoms with Crippen LogP contribution in [0.2, 0.25) is 0 Å². The van der Waals surface area contributed by atoms with Gasteiger partial charge in [-0.25, -0.2) is 4.98 Å². The highest BCUT2D eigenvalue weighted by Crippen LogP contribution is 2.12. The van der Waals surface area contributed by atoms with Crippen molar-refractivity contribution in [2.24, 2.45) is 0 Å². The molecular formula is C20H28N2O4. The Hall–Kier alpha value is -2.34. The number of nitrogens with one attached hydrogen (secondary N) is 1. The summed E-state index contributed by atoms with van der Waals surface area (Å²) in [5.74, 6) is 1.11. The number of pyridine rings is 2. The molecule has 0 aliphatic rings. The number of aromatic nitrogens is 2. The largest absolute Gasteiger partial charge is 0.478 e. The third kappa shape index (κ3) is 6.52. The van der Waals surface area contributed by atoms with Gasteiger partial charge in [-0.3, -0.25) is 4.79 Å². The molecule has 142 valence electrons. The van der Waals surface area contributed by atoms with Crippen LogP contribution in [0.1, 0.15) is 38.4 Å². The lowest BCUT2D eigenvalue weighted by Crippen LogP contribution is -2.21. The molecule has 2 aromatic heterocycles. The predicted molar refractivity (Wildman–Crippen MR) is 101 cm³/mol. The molecular weight excluding hydrogens is 332 g/mol. The predicted octanol–water partition coefficient (Wildman–Crippen LogP) is 3.15. The standard InChI is InChI=1S/C20H28N2O4/c1-4-18(24-5-2)14-26-20-12-17(23)11-16(22-20)9-7-15-8-10-19(21-13-15)25-6-3/h8,10-13,18H,4-7,9,14H2,1-3H3,(H,22,23). The SMILES string of the molecule is CCOc1ccc(CCc2cc(=O)cc(OCC(CC)OCC)[nH]2)cn1. The second-order valence-electron chi connectivity index (χ2n) is 5.94. The van der Waals surface area contributed by atoms with Crippen LogP contribution in [0.4, 0.5) is 0 Å². The number of ether oxygens (including phenoxy) is 3. The number of hydrogen-bond donors (Lipinski definition) is 1. The molecule has 1 unspecified atom stereocenters. The van der Waals surface area contributed by atoms with Crippen molar-refractivity contribution in [3.8, 4) is 11.8 Å². The fraction of sp³-hybridized carbons (Fsp3) is 0.500. The number of hydrogen-bond acceptors (Lipinski definition) is 5. The van der Waals surface area contributed by atoms with E-state index in [1.165, 1.54) is 6.07 Å². The summed E-state index contributed by atoms with van der Waals surface area (Å²) in [6.07, 6.45) is 4.17. The first-order valence-electron chi connectivity index (χ1n) is 9.19. The first kappa shape index (κ1) is 20.0. The summed E-state index contributed by atoms with van der Waals surface area (Å²) < 4.78 is 16.6. The number of aryl methyl sites for hydroxylation is 2. The summed E-state index contributed by atoms with van der Waals surface area (Å²) in [4.78, 5) is 19.4. The third-order valence-corrected chi connectivity index (χ3v) is 3.93. The van der Waals surface area contributed by atoms with Crippen LogP contribution in [-0.4, -0.2) is 35.9 Å². The molecule has 1 atom stereocenters. The van der Waals surface area contributed by atoms with Gasteiger partial charge in [0.05, 0.1) is 12.7 Å². The van der Waals surface area contributed by atoms with Crippen molar-refractivity contribution < 1.29 is 14.2 Å². The van der Waals surface area contributed by atoms with Crippen LogP contribution < -0.4 is 14.9 Å². The van der Waals surface area contributed by atoms with E-state index in [9.17, 15) is 4.79 Å². The number of aromatic amines is 1. The van der Waals surface area contributed by atoms with Crippen LogP contribution in [0.25, 0.3) is 0 Å². The minimum Gasteiger partial charge on any atom is -0.478 e. The van der Waals surface area contributed by atoms with Gasteiger partial charge in [0.25, 0.3) is 0 Å². The molecule has 0 fully saturated rings. The van der Waals surface area contributed by atoms with Gasteiger partial charge in [0.1, 0.15) is 6.61 Å². The van der Waals surface area contributed by atoms with E-state index in [2.05, 4.69) is 9.97 Å². The molecule has 2 heterocycles. The topological polar surface area (TPSA) is 73.4 Å². The van der Waals surface area contributed by atoms with Crippen LogP contribution in [0.5, 0.6) is 11.8 Å². The second-order valence-corrected chi connectivity index (χ2v) is 5.94. The summed E-state index contributed by atoms with van der Waals surface area (Å²) in [6, 6.07) is 6.93. The smallest absolute Gasteiger partial charge is 0.213 e. The molecule has 0 saturated heterocycles. The summed E-state index contributed by atoms with van der Waals surface area (Å²) in [6.45, 7) is 7.61. The maximum atomic E-state index is 11.9. The van der Waals surface area contributed by atoms with Gasteiger partial charge in [-0.1, -0.05) is 13.0 Å².